The van der Waals surface area contributed by atoms with Gasteiger partial charge in [0.2, 0.25) is 0 Å². The number of rotatable bonds is 6. The van der Waals surface area contributed by atoms with Crippen molar-refractivity contribution in [1.82, 2.24) is 5.32 Å². The van der Waals surface area contributed by atoms with Crippen molar-refractivity contribution in [2.75, 3.05) is 14.2 Å². The van der Waals surface area contributed by atoms with Crippen LogP contribution in [0.15, 0.2) is 28.7 Å². The van der Waals surface area contributed by atoms with Gasteiger partial charge in [-0.2, -0.15) is 0 Å². The van der Waals surface area contributed by atoms with Gasteiger partial charge in [0.1, 0.15) is 0 Å². The fraction of sp³-hybridized carbons (Fsp3) is 0.571. The lowest BCUT2D eigenvalue weighted by atomic mass is 9.94. The lowest BCUT2D eigenvalue weighted by Crippen LogP contribution is -2.37. The van der Waals surface area contributed by atoms with E-state index in [0.717, 1.165) is 12.8 Å². The molecule has 1 aromatic carbocycles. The first-order valence-corrected chi connectivity index (χ1v) is 6.73. The van der Waals surface area contributed by atoms with E-state index in [1.165, 1.54) is 10.0 Å². The van der Waals surface area contributed by atoms with Crippen molar-refractivity contribution in [2.45, 2.75) is 38.3 Å². The second kappa shape index (κ2) is 6.53. The zero-order valence-corrected chi connectivity index (χ0v) is 12.7. The Hall–Kier alpha value is -0.380. The summed E-state index contributed by atoms with van der Waals surface area (Å²) in [5.41, 5.74) is 1.24. The topological polar surface area (TPSA) is 21.3 Å². The summed E-state index contributed by atoms with van der Waals surface area (Å²) in [6.45, 7) is 4.24. The Labute approximate surface area is 113 Å². The first-order valence-electron chi connectivity index (χ1n) is 5.94. The maximum absolute atomic E-state index is 5.49. The minimum Gasteiger partial charge on any atom is -0.379 e. The van der Waals surface area contributed by atoms with Gasteiger partial charge in [0.15, 0.2) is 0 Å². The smallest absolute Gasteiger partial charge is 0.0637 e. The van der Waals surface area contributed by atoms with Gasteiger partial charge in [-0.25, -0.2) is 0 Å². The molecule has 3 heteroatoms. The number of halogens is 1. The molecule has 17 heavy (non-hydrogen) atoms. The summed E-state index contributed by atoms with van der Waals surface area (Å²) in [6.07, 6.45) is 1.99. The summed E-state index contributed by atoms with van der Waals surface area (Å²) in [4.78, 5) is 0. The summed E-state index contributed by atoms with van der Waals surface area (Å²) in [5, 5.41) is 3.37. The van der Waals surface area contributed by atoms with Gasteiger partial charge in [-0.1, -0.05) is 34.1 Å². The molecule has 1 N–H and O–H groups in total. The molecule has 1 rings (SSSR count). The Balaban J connectivity index is 2.68. The second-order valence-electron chi connectivity index (χ2n) is 4.95. The molecule has 0 spiro atoms. The molecule has 0 aliphatic carbocycles. The minimum atomic E-state index is -0.0884. The number of hydrogen-bond donors (Lipinski definition) is 1. The van der Waals surface area contributed by atoms with Crippen molar-refractivity contribution >= 4 is 15.9 Å². The summed E-state index contributed by atoms with van der Waals surface area (Å²) >= 11 is 3.59. The molecule has 0 saturated carbocycles. The van der Waals surface area contributed by atoms with Gasteiger partial charge in [0.05, 0.1) is 5.60 Å². The van der Waals surface area contributed by atoms with E-state index in [1.807, 2.05) is 13.1 Å². The molecule has 2 nitrogen and oxygen atoms in total. The predicted molar refractivity (Wildman–Crippen MR) is 76.4 cm³/mol. The molecule has 0 amide bonds. The first-order chi connectivity index (χ1) is 7.98. The number of likely N-dealkylation sites (N-methyl/N-ethyl adjacent to an activating group) is 1. The van der Waals surface area contributed by atoms with E-state index < -0.39 is 0 Å². The largest absolute Gasteiger partial charge is 0.379 e. The van der Waals surface area contributed by atoms with Crippen LogP contribution in [0, 0.1) is 0 Å². The summed E-state index contributed by atoms with van der Waals surface area (Å²) in [5.74, 6) is 0. The van der Waals surface area contributed by atoms with Gasteiger partial charge < -0.3 is 10.1 Å². The Morgan fingerprint density at radius 3 is 2.53 bits per heavy atom. The van der Waals surface area contributed by atoms with Crippen LogP contribution in [0.4, 0.5) is 0 Å². The molecule has 0 radical (unpaired) electrons. The van der Waals surface area contributed by atoms with Crippen LogP contribution in [-0.2, 0) is 11.2 Å². The van der Waals surface area contributed by atoms with Crippen LogP contribution in [0.2, 0.25) is 0 Å². The van der Waals surface area contributed by atoms with Crippen LogP contribution in [0.25, 0.3) is 0 Å². The second-order valence-corrected chi connectivity index (χ2v) is 5.80. The molecular weight excluding hydrogens is 278 g/mol. The monoisotopic (exact) mass is 299 g/mol. The molecule has 1 aromatic rings. The van der Waals surface area contributed by atoms with Crippen molar-refractivity contribution in [2.24, 2.45) is 0 Å². The van der Waals surface area contributed by atoms with Crippen molar-refractivity contribution < 1.29 is 4.74 Å². The Kier molecular flexibility index (Phi) is 5.63. The van der Waals surface area contributed by atoms with E-state index in [4.69, 9.17) is 4.74 Å². The molecule has 0 aromatic heterocycles. The Morgan fingerprint density at radius 2 is 2.00 bits per heavy atom. The fourth-order valence-corrected chi connectivity index (χ4v) is 2.33. The number of hydrogen-bond acceptors (Lipinski definition) is 2. The third-order valence-electron chi connectivity index (χ3n) is 3.12. The number of methoxy groups -OCH3 is 1. The normalized spacial score (nSPS) is 13.7. The third-order valence-corrected chi connectivity index (χ3v) is 3.90. The molecular formula is C14H22BrNO. The molecule has 0 aliphatic rings. The molecule has 0 bridgehead atoms. The molecule has 0 fully saturated rings. The van der Waals surface area contributed by atoms with E-state index in [2.05, 4.69) is 53.3 Å². The van der Waals surface area contributed by atoms with Crippen molar-refractivity contribution in [3.63, 3.8) is 0 Å². The Bertz CT molecular complexity index is 352. The summed E-state index contributed by atoms with van der Waals surface area (Å²) in [7, 11) is 3.78. The zero-order valence-electron chi connectivity index (χ0n) is 11.1. The first kappa shape index (κ1) is 14.7. The van der Waals surface area contributed by atoms with Crippen LogP contribution in [0.3, 0.4) is 0 Å². The van der Waals surface area contributed by atoms with Gasteiger partial charge in [-0.3, -0.25) is 0 Å². The Morgan fingerprint density at radius 1 is 1.35 bits per heavy atom. The van der Waals surface area contributed by atoms with Crippen LogP contribution in [0.5, 0.6) is 0 Å². The minimum absolute atomic E-state index is 0.0884. The average molecular weight is 300 g/mol. The van der Waals surface area contributed by atoms with Crippen LogP contribution >= 0.6 is 15.9 Å². The predicted octanol–water partition coefficient (Wildman–Crippen LogP) is 3.39. The fourth-order valence-electron chi connectivity index (χ4n) is 1.88. The maximum Gasteiger partial charge on any atom is 0.0637 e. The quantitative estimate of drug-likeness (QED) is 0.869. The third kappa shape index (κ3) is 4.78. The standard InChI is InChI=1S/C14H22BrNO/c1-14(2,17-4)10-12(16-3)9-11-7-5-6-8-13(11)15/h5-8,12,16H,9-10H2,1-4H3. The molecule has 0 aliphatic heterocycles. The molecule has 0 heterocycles. The van der Waals surface area contributed by atoms with Gasteiger partial charge in [-0.15, -0.1) is 0 Å². The SMILES string of the molecule is CNC(Cc1ccccc1Br)CC(C)(C)OC. The van der Waals surface area contributed by atoms with Gasteiger partial charge in [-0.05, 0) is 45.4 Å². The molecule has 96 valence electrons. The molecule has 0 saturated heterocycles. The lowest BCUT2D eigenvalue weighted by Gasteiger charge is -2.28. The average Bonchev–Trinajstić information content (AvgIpc) is 2.31. The van der Waals surface area contributed by atoms with Crippen LogP contribution in [-0.4, -0.2) is 25.8 Å². The van der Waals surface area contributed by atoms with Gasteiger partial charge in [0.25, 0.3) is 0 Å². The highest BCUT2D eigenvalue weighted by molar-refractivity contribution is 9.10. The summed E-state index contributed by atoms with van der Waals surface area (Å²) < 4.78 is 6.66. The van der Waals surface area contributed by atoms with Crippen LogP contribution < -0.4 is 5.32 Å². The van der Waals surface area contributed by atoms with Crippen molar-refractivity contribution in [3.05, 3.63) is 34.3 Å². The van der Waals surface area contributed by atoms with Crippen LogP contribution in [0.1, 0.15) is 25.8 Å². The summed E-state index contributed by atoms with van der Waals surface area (Å²) in [6, 6.07) is 8.79. The maximum atomic E-state index is 5.49. The zero-order chi connectivity index (χ0) is 12.9. The van der Waals surface area contributed by atoms with Gasteiger partial charge >= 0.3 is 0 Å². The number of ether oxygens (including phenoxy) is 1. The number of nitrogens with one attached hydrogen (secondary N) is 1. The lowest BCUT2D eigenvalue weighted by molar-refractivity contribution is 0.00771. The highest BCUT2D eigenvalue weighted by Gasteiger charge is 2.22. The number of benzene rings is 1. The van der Waals surface area contributed by atoms with E-state index in [9.17, 15) is 0 Å². The van der Waals surface area contributed by atoms with Crippen molar-refractivity contribution in [3.8, 4) is 0 Å². The highest BCUT2D eigenvalue weighted by atomic mass is 79.9. The molecule has 1 atom stereocenters. The molecule has 1 unspecified atom stereocenters. The van der Waals surface area contributed by atoms with E-state index in [-0.39, 0.29) is 5.60 Å². The highest BCUT2D eigenvalue weighted by Crippen LogP contribution is 2.22. The van der Waals surface area contributed by atoms with Gasteiger partial charge in [0, 0.05) is 17.6 Å². The van der Waals surface area contributed by atoms with E-state index in [0.29, 0.717) is 6.04 Å². The van der Waals surface area contributed by atoms with E-state index in [1.54, 1.807) is 7.11 Å². The van der Waals surface area contributed by atoms with E-state index >= 15 is 0 Å². The van der Waals surface area contributed by atoms with Crippen molar-refractivity contribution in [1.29, 1.82) is 0 Å².